The van der Waals surface area contributed by atoms with Gasteiger partial charge in [-0.25, -0.2) is 0 Å². The smallest absolute Gasteiger partial charge is 0.303 e. The van der Waals surface area contributed by atoms with E-state index in [9.17, 15) is 4.79 Å². The summed E-state index contributed by atoms with van der Waals surface area (Å²) in [4.78, 5) is 10.4. The molecule has 3 nitrogen and oxygen atoms in total. The van der Waals surface area contributed by atoms with E-state index >= 15 is 0 Å². The first-order valence-corrected chi connectivity index (χ1v) is 5.94. The van der Waals surface area contributed by atoms with Gasteiger partial charge in [-0.05, 0) is 43.4 Å². The average molecular weight is 231 g/mol. The second-order valence-electron chi connectivity index (χ2n) is 4.42. The third-order valence-electron chi connectivity index (χ3n) is 2.97. The number of carboxylic acids is 1. The number of hydrogen-bond acceptors (Lipinski definition) is 1. The monoisotopic (exact) mass is 231 g/mol. The van der Waals surface area contributed by atoms with Crippen LogP contribution in [0.25, 0.3) is 10.9 Å². The van der Waals surface area contributed by atoms with Crippen molar-refractivity contribution in [2.75, 3.05) is 0 Å². The van der Waals surface area contributed by atoms with Crippen LogP contribution in [0.15, 0.2) is 30.5 Å². The predicted molar refractivity (Wildman–Crippen MR) is 68.2 cm³/mol. The van der Waals surface area contributed by atoms with Crippen molar-refractivity contribution in [2.45, 2.75) is 32.7 Å². The normalized spacial score (nSPS) is 10.9. The highest BCUT2D eigenvalue weighted by Crippen LogP contribution is 2.18. The van der Waals surface area contributed by atoms with Gasteiger partial charge in [0.05, 0.1) is 0 Å². The van der Waals surface area contributed by atoms with Gasteiger partial charge in [-0.15, -0.1) is 0 Å². The first-order chi connectivity index (χ1) is 8.16. The third-order valence-corrected chi connectivity index (χ3v) is 2.97. The molecule has 1 aromatic carbocycles. The highest BCUT2D eigenvalue weighted by molar-refractivity contribution is 5.80. The van der Waals surface area contributed by atoms with E-state index in [1.54, 1.807) is 0 Å². The Labute approximate surface area is 101 Å². The maximum absolute atomic E-state index is 10.4. The van der Waals surface area contributed by atoms with Crippen LogP contribution in [-0.2, 0) is 11.3 Å². The molecule has 0 amide bonds. The fourth-order valence-corrected chi connectivity index (χ4v) is 2.07. The van der Waals surface area contributed by atoms with E-state index in [1.165, 1.54) is 16.5 Å². The number of aryl methyl sites for hydroxylation is 2. The van der Waals surface area contributed by atoms with Crippen LogP contribution in [0.4, 0.5) is 0 Å². The zero-order chi connectivity index (χ0) is 12.3. The molecule has 0 aliphatic carbocycles. The summed E-state index contributed by atoms with van der Waals surface area (Å²) in [5.74, 6) is -0.710. The lowest BCUT2D eigenvalue weighted by Gasteiger charge is -2.04. The second-order valence-corrected chi connectivity index (χ2v) is 4.42. The van der Waals surface area contributed by atoms with Gasteiger partial charge in [0.15, 0.2) is 0 Å². The molecule has 1 aromatic heterocycles. The quantitative estimate of drug-likeness (QED) is 0.803. The molecule has 0 saturated carbocycles. The van der Waals surface area contributed by atoms with Crippen molar-refractivity contribution in [1.82, 2.24) is 4.57 Å². The fraction of sp³-hybridized carbons (Fsp3) is 0.357. The zero-order valence-corrected chi connectivity index (χ0v) is 10.0. The summed E-state index contributed by atoms with van der Waals surface area (Å²) in [5, 5.41) is 9.82. The van der Waals surface area contributed by atoms with Crippen molar-refractivity contribution in [1.29, 1.82) is 0 Å². The van der Waals surface area contributed by atoms with Crippen molar-refractivity contribution < 1.29 is 9.90 Å². The van der Waals surface area contributed by atoms with E-state index in [2.05, 4.69) is 42.0 Å². The van der Waals surface area contributed by atoms with Gasteiger partial charge in [0.2, 0.25) is 0 Å². The van der Waals surface area contributed by atoms with Crippen LogP contribution < -0.4 is 0 Å². The highest BCUT2D eigenvalue weighted by Gasteiger charge is 2.01. The highest BCUT2D eigenvalue weighted by atomic mass is 16.4. The van der Waals surface area contributed by atoms with Crippen LogP contribution in [-0.4, -0.2) is 15.6 Å². The third kappa shape index (κ3) is 2.87. The SMILES string of the molecule is Cc1ccc2c(ccn2CCCCC(=O)O)c1. The number of carboxylic acid groups (broad SMARTS) is 1. The van der Waals surface area contributed by atoms with E-state index in [0.717, 1.165) is 19.4 Å². The van der Waals surface area contributed by atoms with Gasteiger partial charge in [-0.2, -0.15) is 0 Å². The standard InChI is InChI=1S/C14H17NO2/c1-11-5-6-13-12(10-11)7-9-15(13)8-3-2-4-14(16)17/h5-7,9-10H,2-4,8H2,1H3,(H,16,17). The molecule has 2 rings (SSSR count). The van der Waals surface area contributed by atoms with Crippen LogP contribution in [0.3, 0.4) is 0 Å². The van der Waals surface area contributed by atoms with Gasteiger partial charge in [0, 0.05) is 24.7 Å². The Balaban J connectivity index is 2.01. The number of nitrogens with zero attached hydrogens (tertiary/aromatic N) is 1. The van der Waals surface area contributed by atoms with Crippen molar-refractivity contribution in [2.24, 2.45) is 0 Å². The van der Waals surface area contributed by atoms with Crippen LogP contribution in [0.5, 0.6) is 0 Å². The molecule has 0 fully saturated rings. The van der Waals surface area contributed by atoms with Gasteiger partial charge in [-0.1, -0.05) is 11.6 Å². The minimum Gasteiger partial charge on any atom is -0.481 e. The zero-order valence-electron chi connectivity index (χ0n) is 10.0. The van der Waals surface area contributed by atoms with Crippen molar-refractivity contribution in [3.8, 4) is 0 Å². The summed E-state index contributed by atoms with van der Waals surface area (Å²) in [6.07, 6.45) is 3.98. The van der Waals surface area contributed by atoms with Gasteiger partial charge < -0.3 is 9.67 Å². The van der Waals surface area contributed by atoms with Crippen LogP contribution in [0.2, 0.25) is 0 Å². The summed E-state index contributed by atoms with van der Waals surface area (Å²) >= 11 is 0. The number of fused-ring (bicyclic) bond motifs is 1. The van der Waals surface area contributed by atoms with E-state index in [-0.39, 0.29) is 6.42 Å². The van der Waals surface area contributed by atoms with Gasteiger partial charge in [0.25, 0.3) is 0 Å². The lowest BCUT2D eigenvalue weighted by Crippen LogP contribution is -1.99. The van der Waals surface area contributed by atoms with Gasteiger partial charge in [0.1, 0.15) is 0 Å². The number of hydrogen-bond donors (Lipinski definition) is 1. The Morgan fingerprint density at radius 2 is 2.12 bits per heavy atom. The lowest BCUT2D eigenvalue weighted by atomic mass is 10.2. The number of benzene rings is 1. The molecule has 0 radical (unpaired) electrons. The van der Waals surface area contributed by atoms with Crippen LogP contribution in [0.1, 0.15) is 24.8 Å². The molecule has 0 unspecified atom stereocenters. The molecule has 0 aliphatic heterocycles. The Morgan fingerprint density at radius 3 is 2.88 bits per heavy atom. The van der Waals surface area contributed by atoms with E-state index < -0.39 is 5.97 Å². The lowest BCUT2D eigenvalue weighted by molar-refractivity contribution is -0.137. The Hall–Kier alpha value is -1.77. The van der Waals surface area contributed by atoms with E-state index in [1.807, 2.05) is 0 Å². The number of aromatic nitrogens is 1. The van der Waals surface area contributed by atoms with Crippen LogP contribution in [0, 0.1) is 6.92 Å². The number of carbonyl (C=O) groups is 1. The first-order valence-electron chi connectivity index (χ1n) is 5.94. The summed E-state index contributed by atoms with van der Waals surface area (Å²) in [7, 11) is 0. The topological polar surface area (TPSA) is 42.2 Å². The number of unbranched alkanes of at least 4 members (excludes halogenated alkanes) is 1. The molecule has 1 heterocycles. The van der Waals surface area contributed by atoms with Crippen LogP contribution >= 0.6 is 0 Å². The molecule has 0 spiro atoms. The maximum atomic E-state index is 10.4. The molecule has 0 saturated heterocycles. The van der Waals surface area contributed by atoms with E-state index in [0.29, 0.717) is 0 Å². The van der Waals surface area contributed by atoms with Gasteiger partial charge in [-0.3, -0.25) is 4.79 Å². The molecule has 0 bridgehead atoms. The summed E-state index contributed by atoms with van der Waals surface area (Å²) in [6, 6.07) is 8.51. The van der Waals surface area contributed by atoms with Crippen molar-refractivity contribution in [3.63, 3.8) is 0 Å². The Kier molecular flexibility index (Phi) is 3.47. The average Bonchev–Trinajstić information content (AvgIpc) is 2.66. The first kappa shape index (κ1) is 11.7. The van der Waals surface area contributed by atoms with E-state index in [4.69, 9.17) is 5.11 Å². The fourth-order valence-electron chi connectivity index (χ4n) is 2.07. The maximum Gasteiger partial charge on any atom is 0.303 e. The minimum atomic E-state index is -0.710. The molecule has 0 atom stereocenters. The number of aliphatic carboxylic acids is 1. The molecule has 17 heavy (non-hydrogen) atoms. The largest absolute Gasteiger partial charge is 0.481 e. The van der Waals surface area contributed by atoms with Crippen molar-refractivity contribution in [3.05, 3.63) is 36.0 Å². The predicted octanol–water partition coefficient (Wildman–Crippen LogP) is 3.20. The molecule has 90 valence electrons. The summed E-state index contributed by atoms with van der Waals surface area (Å²) < 4.78 is 2.19. The summed E-state index contributed by atoms with van der Waals surface area (Å²) in [5.41, 5.74) is 2.49. The Bertz CT molecular complexity index is 528. The molecule has 3 heteroatoms. The molecular formula is C14H17NO2. The molecule has 2 aromatic rings. The minimum absolute atomic E-state index is 0.262. The van der Waals surface area contributed by atoms with Crippen molar-refractivity contribution >= 4 is 16.9 Å². The summed E-state index contributed by atoms with van der Waals surface area (Å²) in [6.45, 7) is 2.98. The second kappa shape index (κ2) is 5.04. The molecule has 1 N–H and O–H groups in total. The molecule has 0 aliphatic rings. The molecular weight excluding hydrogens is 214 g/mol. The number of rotatable bonds is 5. The van der Waals surface area contributed by atoms with Gasteiger partial charge >= 0.3 is 5.97 Å². The Morgan fingerprint density at radius 1 is 1.29 bits per heavy atom.